The number of aryl methyl sites for hydroxylation is 1. The summed E-state index contributed by atoms with van der Waals surface area (Å²) < 4.78 is 1.84. The second kappa shape index (κ2) is 10.2. The van der Waals surface area contributed by atoms with Crippen molar-refractivity contribution < 1.29 is 9.59 Å². The van der Waals surface area contributed by atoms with Crippen LogP contribution in [0.1, 0.15) is 28.8 Å². The first-order valence-electron chi connectivity index (χ1n) is 11.7. The number of nitrogens with one attached hydrogen (secondary N) is 1. The number of carbonyl (C=O) groups excluding carboxylic acids is 2. The lowest BCUT2D eigenvalue weighted by molar-refractivity contribution is -0.117. The van der Waals surface area contributed by atoms with E-state index in [1.807, 2.05) is 54.1 Å². The molecule has 1 fully saturated rings. The largest absolute Gasteiger partial charge is 0.326 e. The Balaban J connectivity index is 1.41. The van der Waals surface area contributed by atoms with Gasteiger partial charge >= 0.3 is 0 Å². The van der Waals surface area contributed by atoms with Gasteiger partial charge in [0.15, 0.2) is 0 Å². The van der Waals surface area contributed by atoms with Gasteiger partial charge in [-0.25, -0.2) is 4.98 Å². The van der Waals surface area contributed by atoms with Gasteiger partial charge in [0.1, 0.15) is 6.54 Å². The van der Waals surface area contributed by atoms with Crippen molar-refractivity contribution in [2.75, 3.05) is 11.9 Å². The van der Waals surface area contributed by atoms with E-state index in [1.54, 1.807) is 41.3 Å². The summed E-state index contributed by atoms with van der Waals surface area (Å²) in [6, 6.07) is 22.1. The van der Waals surface area contributed by atoms with Crippen LogP contribution in [0.25, 0.3) is 16.9 Å². The van der Waals surface area contributed by atoms with E-state index in [4.69, 9.17) is 28.2 Å². The molecule has 36 heavy (non-hydrogen) atoms. The van der Waals surface area contributed by atoms with E-state index in [2.05, 4.69) is 5.32 Å². The normalized spacial score (nSPS) is 12.9. The molecule has 0 atom stereocenters. The molecule has 0 unspecified atom stereocenters. The van der Waals surface area contributed by atoms with Crippen molar-refractivity contribution in [2.24, 2.45) is 0 Å². The van der Waals surface area contributed by atoms with Crippen LogP contribution in [0, 0.1) is 6.92 Å². The molecule has 5 rings (SSSR count). The molecule has 1 N–H and O–H groups in total. The maximum Gasteiger partial charge on any atom is 0.254 e. The zero-order valence-electron chi connectivity index (χ0n) is 19.6. The number of nitrogens with zero attached hydrogens (tertiary/aromatic N) is 3. The summed E-state index contributed by atoms with van der Waals surface area (Å²) in [6.07, 6.45) is 3.64. The number of rotatable bonds is 7. The Morgan fingerprint density at radius 1 is 0.944 bits per heavy atom. The molecule has 6 nitrogen and oxygen atoms in total. The predicted octanol–water partition coefficient (Wildman–Crippen LogP) is 6.40. The summed E-state index contributed by atoms with van der Waals surface area (Å²) >= 11 is 12.0. The highest BCUT2D eigenvalue weighted by molar-refractivity contribution is 6.31. The number of amides is 2. The van der Waals surface area contributed by atoms with E-state index in [0.717, 1.165) is 29.7 Å². The van der Waals surface area contributed by atoms with Gasteiger partial charge in [-0.1, -0.05) is 53.0 Å². The first-order chi connectivity index (χ1) is 17.4. The van der Waals surface area contributed by atoms with Crippen LogP contribution in [0.5, 0.6) is 0 Å². The molecule has 1 aliphatic carbocycles. The fourth-order valence-electron chi connectivity index (χ4n) is 3.96. The maximum atomic E-state index is 13.2. The Labute approximate surface area is 219 Å². The molecule has 1 saturated carbocycles. The molecule has 1 heterocycles. The molecule has 1 aliphatic rings. The second-order valence-electron chi connectivity index (χ2n) is 8.88. The number of anilines is 1. The van der Waals surface area contributed by atoms with Crippen molar-refractivity contribution in [3.8, 4) is 16.9 Å². The summed E-state index contributed by atoms with van der Waals surface area (Å²) in [5.41, 5.74) is 4.06. The highest BCUT2D eigenvalue weighted by Crippen LogP contribution is 2.29. The van der Waals surface area contributed by atoms with Crippen molar-refractivity contribution in [2.45, 2.75) is 25.8 Å². The van der Waals surface area contributed by atoms with Crippen LogP contribution in [0.2, 0.25) is 10.0 Å². The fourth-order valence-corrected chi connectivity index (χ4v) is 4.21. The number of halogens is 2. The van der Waals surface area contributed by atoms with E-state index < -0.39 is 0 Å². The standard InChI is InChI=1S/C28H24Cl2N4O2/c1-18-2-12-24(13-3-18)34-16-25(19-4-8-21(29)9-5-19)31-28(34)32-26(35)17-33(23-14-15-23)27(36)20-6-10-22(30)11-7-20/h2-13,16,23H,14-15,17H2,1H3,(H,31,32,35). The monoisotopic (exact) mass is 518 g/mol. The summed E-state index contributed by atoms with van der Waals surface area (Å²) in [5.74, 6) is -0.123. The number of benzene rings is 3. The lowest BCUT2D eigenvalue weighted by Gasteiger charge is -2.22. The Morgan fingerprint density at radius 2 is 1.56 bits per heavy atom. The van der Waals surface area contributed by atoms with Gasteiger partial charge in [0.25, 0.3) is 5.91 Å². The molecule has 0 aliphatic heterocycles. The van der Waals surface area contributed by atoms with Gasteiger partial charge in [0, 0.05) is 39.1 Å². The average molecular weight is 519 g/mol. The number of hydrogen-bond donors (Lipinski definition) is 1. The zero-order valence-corrected chi connectivity index (χ0v) is 21.1. The Kier molecular flexibility index (Phi) is 6.81. The molecule has 182 valence electrons. The summed E-state index contributed by atoms with van der Waals surface area (Å²) in [4.78, 5) is 32.6. The van der Waals surface area contributed by atoms with E-state index in [-0.39, 0.29) is 24.4 Å². The Morgan fingerprint density at radius 3 is 2.17 bits per heavy atom. The zero-order chi connectivity index (χ0) is 25.2. The third-order valence-corrected chi connectivity index (χ3v) is 6.57. The maximum absolute atomic E-state index is 13.2. The minimum absolute atomic E-state index is 0.0559. The van der Waals surface area contributed by atoms with Crippen LogP contribution in [0.15, 0.2) is 79.0 Å². The quantitative estimate of drug-likeness (QED) is 0.307. The molecular formula is C28H24Cl2N4O2. The number of carbonyl (C=O) groups is 2. The minimum atomic E-state index is -0.314. The van der Waals surface area contributed by atoms with Crippen LogP contribution in [-0.4, -0.2) is 38.9 Å². The first-order valence-corrected chi connectivity index (χ1v) is 12.4. The fraction of sp³-hybridized carbons (Fsp3) is 0.179. The van der Waals surface area contributed by atoms with Crippen LogP contribution < -0.4 is 5.32 Å². The van der Waals surface area contributed by atoms with Crippen molar-refractivity contribution in [1.29, 1.82) is 0 Å². The molecule has 0 saturated heterocycles. The van der Waals surface area contributed by atoms with E-state index in [9.17, 15) is 9.59 Å². The lowest BCUT2D eigenvalue weighted by atomic mass is 10.2. The van der Waals surface area contributed by atoms with Gasteiger partial charge in [0.05, 0.1) is 5.69 Å². The highest BCUT2D eigenvalue weighted by atomic mass is 35.5. The Hall–Kier alpha value is -3.61. The van der Waals surface area contributed by atoms with Crippen LogP contribution in [0.3, 0.4) is 0 Å². The molecule has 0 radical (unpaired) electrons. The molecular weight excluding hydrogens is 495 g/mol. The van der Waals surface area contributed by atoms with Gasteiger partial charge in [-0.05, 0) is 68.3 Å². The summed E-state index contributed by atoms with van der Waals surface area (Å²) in [6.45, 7) is 1.95. The van der Waals surface area contributed by atoms with Crippen LogP contribution in [0.4, 0.5) is 5.95 Å². The molecule has 8 heteroatoms. The minimum Gasteiger partial charge on any atom is -0.326 e. The molecule has 0 bridgehead atoms. The van der Waals surface area contributed by atoms with Gasteiger partial charge in [-0.3, -0.25) is 19.5 Å². The van der Waals surface area contributed by atoms with E-state index >= 15 is 0 Å². The Bertz CT molecular complexity index is 1390. The summed E-state index contributed by atoms with van der Waals surface area (Å²) in [5, 5.41) is 4.12. The van der Waals surface area contributed by atoms with Gasteiger partial charge in [-0.15, -0.1) is 0 Å². The third kappa shape index (κ3) is 5.45. The SMILES string of the molecule is Cc1ccc(-n2cc(-c3ccc(Cl)cc3)nc2NC(=O)CN(C(=O)c2ccc(Cl)cc2)C2CC2)cc1. The first kappa shape index (κ1) is 24.1. The van der Waals surface area contributed by atoms with Crippen molar-refractivity contribution in [3.05, 3.63) is 100 Å². The van der Waals surface area contributed by atoms with Crippen molar-refractivity contribution >= 4 is 41.0 Å². The van der Waals surface area contributed by atoms with Crippen molar-refractivity contribution in [1.82, 2.24) is 14.5 Å². The smallest absolute Gasteiger partial charge is 0.254 e. The highest BCUT2D eigenvalue weighted by Gasteiger charge is 2.34. The molecule has 3 aromatic carbocycles. The van der Waals surface area contributed by atoms with E-state index in [1.165, 1.54) is 0 Å². The van der Waals surface area contributed by atoms with Gasteiger partial charge < -0.3 is 4.90 Å². The summed E-state index contributed by atoms with van der Waals surface area (Å²) in [7, 11) is 0. The van der Waals surface area contributed by atoms with Crippen LogP contribution >= 0.6 is 23.2 Å². The van der Waals surface area contributed by atoms with Crippen molar-refractivity contribution in [3.63, 3.8) is 0 Å². The number of hydrogen-bond acceptors (Lipinski definition) is 3. The number of aromatic nitrogens is 2. The topological polar surface area (TPSA) is 67.2 Å². The molecule has 1 aromatic heterocycles. The third-order valence-electron chi connectivity index (χ3n) is 6.06. The molecule has 4 aromatic rings. The van der Waals surface area contributed by atoms with Gasteiger partial charge in [0.2, 0.25) is 11.9 Å². The van der Waals surface area contributed by atoms with E-state index in [0.29, 0.717) is 27.3 Å². The predicted molar refractivity (Wildman–Crippen MR) is 143 cm³/mol. The van der Waals surface area contributed by atoms with Gasteiger partial charge in [-0.2, -0.15) is 0 Å². The average Bonchev–Trinajstić information content (AvgIpc) is 3.64. The lowest BCUT2D eigenvalue weighted by Crippen LogP contribution is -2.39. The molecule has 2 amide bonds. The van der Waals surface area contributed by atoms with Crippen LogP contribution in [-0.2, 0) is 4.79 Å². The molecule has 0 spiro atoms. The second-order valence-corrected chi connectivity index (χ2v) is 9.75. The number of imidazole rings is 1.